The Kier molecular flexibility index (Phi) is 7.30. The molecule has 186 valence electrons. The largest absolute Gasteiger partial charge is 0.445 e. The predicted molar refractivity (Wildman–Crippen MR) is 137 cm³/mol. The van der Waals surface area contributed by atoms with E-state index in [1.807, 2.05) is 60.8 Å². The molecule has 5 rings (SSSR count). The van der Waals surface area contributed by atoms with E-state index in [0.29, 0.717) is 25.2 Å². The van der Waals surface area contributed by atoms with Crippen LogP contribution in [0.3, 0.4) is 0 Å². The number of rotatable bonds is 8. The Labute approximate surface area is 209 Å². The maximum Gasteiger partial charge on any atom is 0.410 e. The first-order chi connectivity index (χ1) is 17.6. The number of β-amino-alcohol motifs (C(OH)–C–C–N with tert-alkyl or cyclic N) is 1. The van der Waals surface area contributed by atoms with Crippen molar-refractivity contribution in [3.05, 3.63) is 108 Å². The minimum atomic E-state index is -0.760. The van der Waals surface area contributed by atoms with Gasteiger partial charge in [0.05, 0.1) is 18.7 Å². The van der Waals surface area contributed by atoms with Crippen LogP contribution in [0.5, 0.6) is 0 Å². The van der Waals surface area contributed by atoms with Crippen LogP contribution >= 0.6 is 0 Å². The number of aliphatic hydroxyl groups is 1. The number of nitrogens with zero attached hydrogens (tertiary/aromatic N) is 2. The fourth-order valence-electron chi connectivity index (χ4n) is 4.90. The van der Waals surface area contributed by atoms with Gasteiger partial charge < -0.3 is 19.7 Å². The molecule has 0 aliphatic carbocycles. The molecule has 0 saturated carbocycles. The van der Waals surface area contributed by atoms with Crippen molar-refractivity contribution in [3.8, 4) is 0 Å². The molecule has 0 bridgehead atoms. The molecule has 2 atom stereocenters. The minimum Gasteiger partial charge on any atom is -0.445 e. The Balaban J connectivity index is 1.30. The summed E-state index contributed by atoms with van der Waals surface area (Å²) < 4.78 is 20.0. The van der Waals surface area contributed by atoms with E-state index in [1.165, 1.54) is 11.0 Å². The quantitative estimate of drug-likeness (QED) is 0.377. The highest BCUT2D eigenvalue weighted by atomic mass is 19.1. The molecule has 2 N–H and O–H groups in total. The molecule has 1 fully saturated rings. The normalized spacial score (nSPS) is 17.7. The zero-order chi connectivity index (χ0) is 24.9. The minimum absolute atomic E-state index is 0.177. The lowest BCUT2D eigenvalue weighted by Crippen LogP contribution is -2.44. The summed E-state index contributed by atoms with van der Waals surface area (Å²) >= 11 is 0. The van der Waals surface area contributed by atoms with Crippen molar-refractivity contribution in [1.29, 1.82) is 0 Å². The Morgan fingerprint density at radius 2 is 1.75 bits per heavy atom. The molecule has 2 heterocycles. The van der Waals surface area contributed by atoms with Crippen LogP contribution in [0.1, 0.15) is 16.7 Å². The number of amides is 1. The zero-order valence-electron chi connectivity index (χ0n) is 20.0. The van der Waals surface area contributed by atoms with Gasteiger partial charge in [-0.15, -0.1) is 0 Å². The maximum atomic E-state index is 14.5. The molecule has 7 heteroatoms. The van der Waals surface area contributed by atoms with Gasteiger partial charge in [-0.2, -0.15) is 0 Å². The van der Waals surface area contributed by atoms with E-state index in [2.05, 4.69) is 16.0 Å². The second-order valence-corrected chi connectivity index (χ2v) is 9.25. The number of hydrogen-bond donors (Lipinski definition) is 2. The van der Waals surface area contributed by atoms with Gasteiger partial charge in [-0.25, -0.2) is 9.18 Å². The SMILES string of the molecule is O=C(OCc1ccccc1)N1C[C@H](O)[C@@H](N(CCc2c[nH]c3ccccc23)Cc2ccccc2F)C1. The lowest BCUT2D eigenvalue weighted by molar-refractivity contribution is 0.0776. The van der Waals surface area contributed by atoms with E-state index in [1.54, 1.807) is 12.1 Å². The molecule has 1 aliphatic rings. The number of aromatic amines is 1. The Bertz CT molecular complexity index is 1310. The number of carbonyl (C=O) groups is 1. The van der Waals surface area contributed by atoms with Gasteiger partial charge in [-0.05, 0) is 29.7 Å². The number of likely N-dealkylation sites (tertiary alicyclic amines) is 1. The highest BCUT2D eigenvalue weighted by molar-refractivity contribution is 5.83. The smallest absolute Gasteiger partial charge is 0.410 e. The van der Waals surface area contributed by atoms with E-state index < -0.39 is 12.2 Å². The van der Waals surface area contributed by atoms with Crippen LogP contribution in [-0.4, -0.2) is 57.8 Å². The number of nitrogens with one attached hydrogen (secondary N) is 1. The molecule has 0 spiro atoms. The molecule has 1 saturated heterocycles. The van der Waals surface area contributed by atoms with Gasteiger partial charge in [0, 0.05) is 42.3 Å². The van der Waals surface area contributed by atoms with Crippen LogP contribution in [0.2, 0.25) is 0 Å². The molecule has 4 aromatic rings. The van der Waals surface area contributed by atoms with Crippen molar-refractivity contribution in [2.75, 3.05) is 19.6 Å². The van der Waals surface area contributed by atoms with Gasteiger partial charge in [0.2, 0.25) is 0 Å². The van der Waals surface area contributed by atoms with Crippen molar-refractivity contribution in [2.45, 2.75) is 31.7 Å². The lowest BCUT2D eigenvalue weighted by Gasteiger charge is -2.30. The number of hydrogen-bond acceptors (Lipinski definition) is 4. The van der Waals surface area contributed by atoms with Crippen molar-refractivity contribution in [1.82, 2.24) is 14.8 Å². The van der Waals surface area contributed by atoms with Crippen molar-refractivity contribution < 1.29 is 19.0 Å². The Hall–Kier alpha value is -3.68. The molecule has 1 aliphatic heterocycles. The fourth-order valence-corrected chi connectivity index (χ4v) is 4.90. The molecule has 6 nitrogen and oxygen atoms in total. The van der Waals surface area contributed by atoms with Crippen molar-refractivity contribution in [2.24, 2.45) is 0 Å². The van der Waals surface area contributed by atoms with E-state index in [0.717, 1.165) is 28.5 Å². The number of ether oxygens (including phenoxy) is 1. The van der Waals surface area contributed by atoms with E-state index in [4.69, 9.17) is 4.74 Å². The molecular formula is C29H30FN3O3. The number of aliphatic hydroxyl groups excluding tert-OH is 1. The summed E-state index contributed by atoms with van der Waals surface area (Å²) in [4.78, 5) is 19.7. The summed E-state index contributed by atoms with van der Waals surface area (Å²) in [5, 5.41) is 12.1. The van der Waals surface area contributed by atoms with Crippen LogP contribution in [0.4, 0.5) is 9.18 Å². The number of para-hydroxylation sites is 1. The number of H-pyrrole nitrogens is 1. The van der Waals surface area contributed by atoms with Gasteiger partial charge in [0.15, 0.2) is 0 Å². The van der Waals surface area contributed by atoms with Gasteiger partial charge in [0.25, 0.3) is 0 Å². The summed E-state index contributed by atoms with van der Waals surface area (Å²) in [6.07, 6.45) is 1.51. The zero-order valence-corrected chi connectivity index (χ0v) is 20.0. The summed E-state index contributed by atoms with van der Waals surface area (Å²) in [7, 11) is 0. The van der Waals surface area contributed by atoms with Gasteiger partial charge in [0.1, 0.15) is 12.4 Å². The molecular weight excluding hydrogens is 457 g/mol. The highest BCUT2D eigenvalue weighted by Crippen LogP contribution is 2.24. The third-order valence-electron chi connectivity index (χ3n) is 6.87. The summed E-state index contributed by atoms with van der Waals surface area (Å²) in [6, 6.07) is 24.0. The van der Waals surface area contributed by atoms with E-state index >= 15 is 0 Å². The molecule has 36 heavy (non-hydrogen) atoms. The fraction of sp³-hybridized carbons (Fsp3) is 0.276. The molecule has 1 amide bonds. The summed E-state index contributed by atoms with van der Waals surface area (Å²) in [5.41, 5.74) is 3.70. The van der Waals surface area contributed by atoms with E-state index in [9.17, 15) is 14.3 Å². The van der Waals surface area contributed by atoms with Crippen LogP contribution in [0.15, 0.2) is 85.1 Å². The third-order valence-corrected chi connectivity index (χ3v) is 6.87. The number of carbonyl (C=O) groups excluding carboxylic acids is 1. The topological polar surface area (TPSA) is 68.8 Å². The highest BCUT2D eigenvalue weighted by Gasteiger charge is 2.38. The van der Waals surface area contributed by atoms with Crippen LogP contribution in [-0.2, 0) is 24.3 Å². The first-order valence-electron chi connectivity index (χ1n) is 12.2. The van der Waals surface area contributed by atoms with Crippen molar-refractivity contribution >= 4 is 17.0 Å². The predicted octanol–water partition coefficient (Wildman–Crippen LogP) is 4.73. The van der Waals surface area contributed by atoms with Crippen LogP contribution in [0, 0.1) is 5.82 Å². The van der Waals surface area contributed by atoms with Gasteiger partial charge >= 0.3 is 6.09 Å². The summed E-state index contributed by atoms with van der Waals surface area (Å²) in [6.45, 7) is 1.61. The van der Waals surface area contributed by atoms with Crippen LogP contribution in [0.25, 0.3) is 10.9 Å². The average Bonchev–Trinajstić information content (AvgIpc) is 3.50. The van der Waals surface area contributed by atoms with Gasteiger partial charge in [-0.1, -0.05) is 66.7 Å². The Morgan fingerprint density at radius 1 is 1.00 bits per heavy atom. The lowest BCUT2D eigenvalue weighted by atomic mass is 10.1. The number of aromatic nitrogens is 1. The van der Waals surface area contributed by atoms with Gasteiger partial charge in [-0.3, -0.25) is 4.90 Å². The first-order valence-corrected chi connectivity index (χ1v) is 12.2. The molecule has 1 aromatic heterocycles. The van der Waals surface area contributed by atoms with Crippen LogP contribution < -0.4 is 0 Å². The molecule has 0 radical (unpaired) electrons. The standard InChI is InChI=1S/C29H30FN3O3/c30-25-12-6-4-10-23(25)17-32(15-14-22-16-31-26-13-7-5-11-24(22)26)27-18-33(19-28(27)34)29(35)36-20-21-8-2-1-3-9-21/h1-13,16,27-28,31,34H,14-15,17-20H2/t27-,28-/m0/s1. The third kappa shape index (κ3) is 5.42. The average molecular weight is 488 g/mol. The second-order valence-electron chi connectivity index (χ2n) is 9.25. The monoisotopic (exact) mass is 487 g/mol. The number of halogens is 1. The first kappa shape index (κ1) is 24.0. The van der Waals surface area contributed by atoms with Crippen molar-refractivity contribution in [3.63, 3.8) is 0 Å². The van der Waals surface area contributed by atoms with E-state index in [-0.39, 0.29) is 25.0 Å². The second kappa shape index (κ2) is 10.9. The number of fused-ring (bicyclic) bond motifs is 1. The Morgan fingerprint density at radius 3 is 2.58 bits per heavy atom. The maximum absolute atomic E-state index is 14.5. The summed E-state index contributed by atoms with van der Waals surface area (Å²) in [5.74, 6) is -0.277. The number of benzene rings is 3. The molecule has 0 unspecified atom stereocenters. The molecule has 3 aromatic carbocycles.